The van der Waals surface area contributed by atoms with Crippen molar-refractivity contribution in [1.29, 1.82) is 0 Å². The fourth-order valence-corrected chi connectivity index (χ4v) is 4.43. The first-order valence-electron chi connectivity index (χ1n) is 9.92. The first-order chi connectivity index (χ1) is 14.8. The summed E-state index contributed by atoms with van der Waals surface area (Å²) in [5.74, 6) is 1.55. The summed E-state index contributed by atoms with van der Waals surface area (Å²) in [5, 5.41) is 0.434. The van der Waals surface area contributed by atoms with Crippen LogP contribution in [0.2, 0.25) is 0 Å². The van der Waals surface area contributed by atoms with E-state index in [4.69, 9.17) is 14.2 Å². The topological polar surface area (TPSA) is 93.8 Å². The highest BCUT2D eigenvalue weighted by Crippen LogP contribution is 2.30. The fraction of sp³-hybridized carbons (Fsp3) is 0.409. The molecule has 0 saturated heterocycles. The number of aryl methyl sites for hydroxylation is 1. The summed E-state index contributed by atoms with van der Waals surface area (Å²) in [5.41, 5.74) is 1.33. The van der Waals surface area contributed by atoms with E-state index in [1.165, 1.54) is 11.3 Å². The SMILES string of the molecule is CCOC(=O)c1sc2nc(C(C)N(C)Cc3ccc(OC)cc3OC)[nH]c(=O)c2c1C. The monoisotopic (exact) mass is 445 g/mol. The van der Waals surface area contributed by atoms with Crippen LogP contribution < -0.4 is 15.0 Å². The third kappa shape index (κ3) is 4.57. The number of aromatic nitrogens is 2. The molecule has 0 saturated carbocycles. The molecule has 1 aromatic carbocycles. The van der Waals surface area contributed by atoms with Gasteiger partial charge in [0.25, 0.3) is 5.56 Å². The number of esters is 1. The Morgan fingerprint density at radius 3 is 2.68 bits per heavy atom. The summed E-state index contributed by atoms with van der Waals surface area (Å²) in [6.45, 7) is 6.31. The molecule has 9 heteroatoms. The molecule has 0 aliphatic carbocycles. The number of nitrogens with zero attached hydrogens (tertiary/aromatic N) is 2. The van der Waals surface area contributed by atoms with Crippen LogP contribution in [0.15, 0.2) is 23.0 Å². The van der Waals surface area contributed by atoms with Crippen molar-refractivity contribution in [1.82, 2.24) is 14.9 Å². The van der Waals surface area contributed by atoms with Crippen LogP contribution in [0.4, 0.5) is 0 Å². The normalized spacial score (nSPS) is 12.2. The molecule has 0 spiro atoms. The van der Waals surface area contributed by atoms with Gasteiger partial charge in [0.05, 0.1) is 32.3 Å². The van der Waals surface area contributed by atoms with E-state index in [-0.39, 0.29) is 18.2 Å². The minimum absolute atomic E-state index is 0.183. The largest absolute Gasteiger partial charge is 0.497 e. The fourth-order valence-electron chi connectivity index (χ4n) is 3.35. The minimum atomic E-state index is -0.430. The number of nitrogens with one attached hydrogen (secondary N) is 1. The second kappa shape index (κ2) is 9.49. The maximum Gasteiger partial charge on any atom is 0.348 e. The summed E-state index contributed by atoms with van der Waals surface area (Å²) < 4.78 is 15.8. The summed E-state index contributed by atoms with van der Waals surface area (Å²) in [4.78, 5) is 35.5. The Morgan fingerprint density at radius 2 is 2.03 bits per heavy atom. The lowest BCUT2D eigenvalue weighted by Gasteiger charge is -2.24. The number of hydrogen-bond acceptors (Lipinski definition) is 8. The summed E-state index contributed by atoms with van der Waals surface area (Å²) in [6.07, 6.45) is 0. The molecule has 3 aromatic rings. The van der Waals surface area contributed by atoms with Crippen LogP contribution in [-0.4, -0.2) is 48.7 Å². The van der Waals surface area contributed by atoms with Gasteiger partial charge in [-0.05, 0) is 39.4 Å². The number of carbonyl (C=O) groups excluding carboxylic acids is 1. The Morgan fingerprint density at radius 1 is 1.29 bits per heavy atom. The zero-order chi connectivity index (χ0) is 22.7. The number of methoxy groups -OCH3 is 2. The van der Waals surface area contributed by atoms with E-state index in [0.29, 0.717) is 33.0 Å². The van der Waals surface area contributed by atoms with Crippen LogP contribution in [0.5, 0.6) is 11.5 Å². The number of benzene rings is 1. The average Bonchev–Trinajstić information content (AvgIpc) is 3.10. The highest BCUT2D eigenvalue weighted by Gasteiger charge is 2.23. The van der Waals surface area contributed by atoms with Crippen LogP contribution in [0.25, 0.3) is 10.2 Å². The van der Waals surface area contributed by atoms with Crippen molar-refractivity contribution < 1.29 is 19.0 Å². The third-order valence-electron chi connectivity index (χ3n) is 5.25. The second-order valence-corrected chi connectivity index (χ2v) is 8.18. The minimum Gasteiger partial charge on any atom is -0.497 e. The Labute approximate surface area is 184 Å². The lowest BCUT2D eigenvalue weighted by Crippen LogP contribution is -2.26. The van der Waals surface area contributed by atoms with Gasteiger partial charge in [-0.2, -0.15) is 0 Å². The lowest BCUT2D eigenvalue weighted by molar-refractivity contribution is 0.0531. The van der Waals surface area contributed by atoms with Crippen LogP contribution >= 0.6 is 11.3 Å². The van der Waals surface area contributed by atoms with E-state index < -0.39 is 5.97 Å². The van der Waals surface area contributed by atoms with Crippen molar-refractivity contribution in [2.75, 3.05) is 27.9 Å². The molecule has 3 rings (SSSR count). The van der Waals surface area contributed by atoms with Gasteiger partial charge >= 0.3 is 5.97 Å². The maximum atomic E-state index is 12.8. The van der Waals surface area contributed by atoms with Crippen LogP contribution in [-0.2, 0) is 11.3 Å². The predicted molar refractivity (Wildman–Crippen MR) is 120 cm³/mol. The molecule has 0 aliphatic heterocycles. The smallest absolute Gasteiger partial charge is 0.348 e. The molecule has 2 heterocycles. The molecule has 0 aliphatic rings. The van der Waals surface area contributed by atoms with Gasteiger partial charge in [0.1, 0.15) is 27.0 Å². The van der Waals surface area contributed by atoms with Crippen LogP contribution in [0.3, 0.4) is 0 Å². The molecule has 1 atom stereocenters. The molecule has 0 radical (unpaired) electrons. The van der Waals surface area contributed by atoms with Crippen molar-refractivity contribution in [3.8, 4) is 11.5 Å². The number of rotatable bonds is 8. The van der Waals surface area contributed by atoms with E-state index in [0.717, 1.165) is 17.1 Å². The van der Waals surface area contributed by atoms with Gasteiger partial charge in [-0.25, -0.2) is 9.78 Å². The van der Waals surface area contributed by atoms with Gasteiger partial charge in [0, 0.05) is 18.2 Å². The lowest BCUT2D eigenvalue weighted by atomic mass is 10.1. The molecule has 31 heavy (non-hydrogen) atoms. The molecule has 1 N–H and O–H groups in total. The van der Waals surface area contributed by atoms with Crippen molar-refractivity contribution in [2.45, 2.75) is 33.4 Å². The van der Waals surface area contributed by atoms with Crippen LogP contribution in [0, 0.1) is 6.92 Å². The highest BCUT2D eigenvalue weighted by atomic mass is 32.1. The van der Waals surface area contributed by atoms with Crippen molar-refractivity contribution in [2.24, 2.45) is 0 Å². The number of fused-ring (bicyclic) bond motifs is 1. The predicted octanol–water partition coefficient (Wildman–Crippen LogP) is 3.68. The second-order valence-electron chi connectivity index (χ2n) is 7.18. The molecular formula is C22H27N3O5S. The Hall–Kier alpha value is -2.91. The van der Waals surface area contributed by atoms with Gasteiger partial charge in [-0.15, -0.1) is 11.3 Å². The Bertz CT molecular complexity index is 1150. The number of aromatic amines is 1. The number of thiophene rings is 1. The van der Waals surface area contributed by atoms with E-state index in [2.05, 4.69) is 14.9 Å². The quantitative estimate of drug-likeness (QED) is 0.529. The third-order valence-corrected chi connectivity index (χ3v) is 6.42. The molecule has 1 unspecified atom stereocenters. The number of H-pyrrole nitrogens is 1. The van der Waals surface area contributed by atoms with E-state index in [9.17, 15) is 9.59 Å². The molecule has 0 fully saturated rings. The van der Waals surface area contributed by atoms with Crippen molar-refractivity contribution >= 4 is 27.5 Å². The average molecular weight is 446 g/mol. The first-order valence-corrected chi connectivity index (χ1v) is 10.7. The molecule has 0 amide bonds. The van der Waals surface area contributed by atoms with Gasteiger partial charge < -0.3 is 19.2 Å². The van der Waals surface area contributed by atoms with Crippen molar-refractivity contribution in [3.05, 3.63) is 50.4 Å². The summed E-state index contributed by atoms with van der Waals surface area (Å²) in [7, 11) is 5.18. The van der Waals surface area contributed by atoms with E-state index in [1.54, 1.807) is 28.1 Å². The zero-order valence-corrected chi connectivity index (χ0v) is 19.4. The zero-order valence-electron chi connectivity index (χ0n) is 18.6. The molecule has 166 valence electrons. The summed E-state index contributed by atoms with van der Waals surface area (Å²) in [6, 6.07) is 5.49. The molecule has 2 aromatic heterocycles. The van der Waals surface area contributed by atoms with Gasteiger partial charge in [0.15, 0.2) is 0 Å². The molecule has 0 bridgehead atoms. The maximum absolute atomic E-state index is 12.8. The highest BCUT2D eigenvalue weighted by molar-refractivity contribution is 7.20. The van der Waals surface area contributed by atoms with Crippen LogP contribution in [0.1, 0.15) is 46.5 Å². The molecule has 8 nitrogen and oxygen atoms in total. The molecular weight excluding hydrogens is 418 g/mol. The van der Waals surface area contributed by atoms with Gasteiger partial charge in [-0.3, -0.25) is 9.69 Å². The van der Waals surface area contributed by atoms with E-state index in [1.807, 2.05) is 32.2 Å². The standard InChI is InChI=1S/C22H27N3O5S/c1-7-30-22(27)18-12(2)17-20(26)23-19(24-21(17)31-18)13(3)25(4)11-14-8-9-15(28-5)10-16(14)29-6/h8-10,13H,7,11H2,1-6H3,(H,23,24,26). The number of carbonyl (C=O) groups is 1. The van der Waals surface area contributed by atoms with Gasteiger partial charge in [-0.1, -0.05) is 6.07 Å². The van der Waals surface area contributed by atoms with E-state index >= 15 is 0 Å². The number of hydrogen-bond donors (Lipinski definition) is 1. The summed E-state index contributed by atoms with van der Waals surface area (Å²) >= 11 is 1.19. The first kappa shape index (κ1) is 22.8. The number of ether oxygens (including phenoxy) is 3. The Kier molecular flexibility index (Phi) is 6.97. The Balaban J connectivity index is 1.91. The van der Waals surface area contributed by atoms with Gasteiger partial charge in [0.2, 0.25) is 0 Å². The van der Waals surface area contributed by atoms with Crippen molar-refractivity contribution in [3.63, 3.8) is 0 Å².